The molecule has 2 aromatic rings. The van der Waals surface area contributed by atoms with Crippen molar-refractivity contribution >= 4 is 23.5 Å². The van der Waals surface area contributed by atoms with Gasteiger partial charge in [-0.1, -0.05) is 6.07 Å². The summed E-state index contributed by atoms with van der Waals surface area (Å²) in [6.45, 7) is 5.33. The van der Waals surface area contributed by atoms with Crippen molar-refractivity contribution in [2.75, 3.05) is 23.3 Å². The number of amides is 1. The zero-order chi connectivity index (χ0) is 18.7. The number of aromatic nitrogens is 2. The van der Waals surface area contributed by atoms with Crippen molar-refractivity contribution in [2.45, 2.75) is 26.7 Å². The molecule has 1 aromatic heterocycles. The Bertz CT molecular complexity index is 809. The van der Waals surface area contributed by atoms with Crippen molar-refractivity contribution in [3.8, 4) is 0 Å². The lowest BCUT2D eigenvalue weighted by atomic mass is 9.96. The normalized spacial score (nSPS) is 14.9. The van der Waals surface area contributed by atoms with Crippen LogP contribution in [-0.4, -0.2) is 40.0 Å². The summed E-state index contributed by atoms with van der Waals surface area (Å²) < 4.78 is 0. The summed E-state index contributed by atoms with van der Waals surface area (Å²) in [5.41, 5.74) is 2.54. The lowest BCUT2D eigenvalue weighted by molar-refractivity contribution is -0.120. The van der Waals surface area contributed by atoms with Gasteiger partial charge in [0.2, 0.25) is 11.9 Å². The number of carbonyl (C=O) groups excluding carboxylic acids is 1. The van der Waals surface area contributed by atoms with Crippen molar-refractivity contribution in [3.63, 3.8) is 0 Å². The lowest BCUT2D eigenvalue weighted by Crippen LogP contribution is -2.39. The molecule has 136 valence electrons. The first-order valence-electron chi connectivity index (χ1n) is 8.64. The van der Waals surface area contributed by atoms with Crippen LogP contribution in [0.3, 0.4) is 0 Å². The van der Waals surface area contributed by atoms with E-state index < -0.39 is 5.97 Å². The fraction of sp³-hybridized carbons (Fsp3) is 0.368. The molecular formula is C19H22N4O3. The van der Waals surface area contributed by atoms with Crippen molar-refractivity contribution in [2.24, 2.45) is 5.92 Å². The van der Waals surface area contributed by atoms with E-state index in [1.807, 2.05) is 19.9 Å². The Morgan fingerprint density at radius 1 is 1.12 bits per heavy atom. The van der Waals surface area contributed by atoms with E-state index in [9.17, 15) is 9.59 Å². The van der Waals surface area contributed by atoms with Gasteiger partial charge in [-0.25, -0.2) is 14.8 Å². The zero-order valence-corrected chi connectivity index (χ0v) is 14.9. The van der Waals surface area contributed by atoms with E-state index in [1.54, 1.807) is 12.1 Å². The lowest BCUT2D eigenvalue weighted by Gasteiger charge is -2.31. The Balaban J connectivity index is 1.60. The fourth-order valence-electron chi connectivity index (χ4n) is 3.16. The van der Waals surface area contributed by atoms with Crippen LogP contribution >= 0.6 is 0 Å². The van der Waals surface area contributed by atoms with Gasteiger partial charge in [-0.15, -0.1) is 0 Å². The second kappa shape index (κ2) is 7.51. The van der Waals surface area contributed by atoms with E-state index in [0.29, 0.717) is 18.5 Å². The predicted molar refractivity (Wildman–Crippen MR) is 98.5 cm³/mol. The molecule has 1 amide bonds. The van der Waals surface area contributed by atoms with Crippen LogP contribution in [0.1, 0.15) is 34.6 Å². The van der Waals surface area contributed by atoms with Crippen LogP contribution in [-0.2, 0) is 4.79 Å². The van der Waals surface area contributed by atoms with Gasteiger partial charge in [0.05, 0.1) is 5.56 Å². The molecule has 0 aliphatic carbocycles. The van der Waals surface area contributed by atoms with E-state index in [-0.39, 0.29) is 17.4 Å². The van der Waals surface area contributed by atoms with E-state index in [4.69, 9.17) is 5.11 Å². The quantitative estimate of drug-likeness (QED) is 0.876. The maximum Gasteiger partial charge on any atom is 0.335 e. The van der Waals surface area contributed by atoms with Gasteiger partial charge in [-0.2, -0.15) is 0 Å². The molecule has 0 spiro atoms. The highest BCUT2D eigenvalue weighted by molar-refractivity contribution is 5.95. The van der Waals surface area contributed by atoms with Gasteiger partial charge >= 0.3 is 5.97 Å². The molecule has 1 aromatic carbocycles. The van der Waals surface area contributed by atoms with Crippen molar-refractivity contribution in [1.82, 2.24) is 9.97 Å². The fourth-order valence-corrected chi connectivity index (χ4v) is 3.16. The second-order valence-corrected chi connectivity index (χ2v) is 6.59. The van der Waals surface area contributed by atoms with Crippen molar-refractivity contribution in [1.29, 1.82) is 0 Å². The van der Waals surface area contributed by atoms with Crippen LogP contribution in [0.4, 0.5) is 11.6 Å². The smallest absolute Gasteiger partial charge is 0.335 e. The minimum Gasteiger partial charge on any atom is -0.478 e. The maximum atomic E-state index is 12.5. The monoisotopic (exact) mass is 354 g/mol. The van der Waals surface area contributed by atoms with Gasteiger partial charge in [0.15, 0.2) is 0 Å². The summed E-state index contributed by atoms with van der Waals surface area (Å²) in [5, 5.41) is 11.9. The number of anilines is 2. The highest BCUT2D eigenvalue weighted by Gasteiger charge is 2.26. The number of rotatable bonds is 4. The standard InChI is InChI=1S/C19H22N4O3/c1-12-10-13(2)21-19(20-12)23-8-6-14(7-9-23)17(24)22-16-5-3-4-15(11-16)18(25)26/h3-5,10-11,14H,6-9H2,1-2H3,(H,22,24)(H,25,26). The minimum absolute atomic E-state index is 0.0754. The molecule has 1 saturated heterocycles. The van der Waals surface area contributed by atoms with Gasteiger partial charge in [0.1, 0.15) is 0 Å². The SMILES string of the molecule is Cc1cc(C)nc(N2CCC(C(=O)Nc3cccc(C(=O)O)c3)CC2)n1. The number of piperidine rings is 1. The number of carbonyl (C=O) groups is 2. The number of carboxylic acids is 1. The van der Waals surface area contributed by atoms with E-state index in [2.05, 4.69) is 20.2 Å². The number of carboxylic acid groups (broad SMARTS) is 1. The highest BCUT2D eigenvalue weighted by atomic mass is 16.4. The summed E-state index contributed by atoms with van der Waals surface area (Å²) in [4.78, 5) is 34.6. The number of benzene rings is 1. The largest absolute Gasteiger partial charge is 0.478 e. The number of aromatic carboxylic acids is 1. The van der Waals surface area contributed by atoms with Gasteiger partial charge < -0.3 is 15.3 Å². The second-order valence-electron chi connectivity index (χ2n) is 6.59. The molecule has 0 unspecified atom stereocenters. The van der Waals surface area contributed by atoms with Gasteiger partial charge in [-0.3, -0.25) is 4.79 Å². The number of nitrogens with one attached hydrogen (secondary N) is 1. The molecule has 26 heavy (non-hydrogen) atoms. The molecule has 0 atom stereocenters. The number of nitrogens with zero attached hydrogens (tertiary/aromatic N) is 3. The third-order valence-electron chi connectivity index (χ3n) is 4.50. The summed E-state index contributed by atoms with van der Waals surface area (Å²) in [6, 6.07) is 8.23. The van der Waals surface area contributed by atoms with Gasteiger partial charge in [-0.05, 0) is 51.0 Å². The van der Waals surface area contributed by atoms with E-state index >= 15 is 0 Å². The molecular weight excluding hydrogens is 332 g/mol. The molecule has 2 heterocycles. The predicted octanol–water partition coefficient (Wildman–Crippen LogP) is 2.65. The first kappa shape index (κ1) is 17.8. The average molecular weight is 354 g/mol. The third kappa shape index (κ3) is 4.17. The molecule has 2 N–H and O–H groups in total. The summed E-state index contributed by atoms with van der Waals surface area (Å²) in [6.07, 6.45) is 1.42. The van der Waals surface area contributed by atoms with E-state index in [1.165, 1.54) is 12.1 Å². The van der Waals surface area contributed by atoms with Crippen LogP contribution < -0.4 is 10.2 Å². The molecule has 7 nitrogen and oxygen atoms in total. The van der Waals surface area contributed by atoms with Crippen LogP contribution in [0.5, 0.6) is 0 Å². The molecule has 1 aliphatic rings. The van der Waals surface area contributed by atoms with Crippen molar-refractivity contribution in [3.05, 3.63) is 47.3 Å². The first-order chi connectivity index (χ1) is 12.4. The van der Waals surface area contributed by atoms with Crippen molar-refractivity contribution < 1.29 is 14.7 Å². The van der Waals surface area contributed by atoms with E-state index in [0.717, 1.165) is 30.4 Å². The first-order valence-corrected chi connectivity index (χ1v) is 8.64. The number of hydrogen-bond acceptors (Lipinski definition) is 5. The molecule has 0 saturated carbocycles. The molecule has 0 radical (unpaired) electrons. The number of aryl methyl sites for hydroxylation is 2. The molecule has 1 aliphatic heterocycles. The molecule has 3 rings (SSSR count). The van der Waals surface area contributed by atoms with Crippen LogP contribution in [0, 0.1) is 19.8 Å². The summed E-state index contributed by atoms with van der Waals surface area (Å²) >= 11 is 0. The van der Waals surface area contributed by atoms with Crippen LogP contribution in [0.25, 0.3) is 0 Å². The Morgan fingerprint density at radius 2 is 1.77 bits per heavy atom. The molecule has 0 bridgehead atoms. The van der Waals surface area contributed by atoms with Gasteiger partial charge in [0.25, 0.3) is 0 Å². The topological polar surface area (TPSA) is 95.4 Å². The zero-order valence-electron chi connectivity index (χ0n) is 14.9. The highest BCUT2D eigenvalue weighted by Crippen LogP contribution is 2.23. The Labute approximate surface area is 152 Å². The summed E-state index contributed by atoms with van der Waals surface area (Å²) in [7, 11) is 0. The number of hydrogen-bond donors (Lipinski definition) is 2. The molecule has 7 heteroatoms. The van der Waals surface area contributed by atoms with Crippen LogP contribution in [0.2, 0.25) is 0 Å². The van der Waals surface area contributed by atoms with Crippen LogP contribution in [0.15, 0.2) is 30.3 Å². The molecule has 1 fully saturated rings. The van der Waals surface area contributed by atoms with Gasteiger partial charge in [0, 0.05) is 36.1 Å². The minimum atomic E-state index is -1.01. The Hall–Kier alpha value is -2.96. The Morgan fingerprint density at radius 3 is 2.38 bits per heavy atom. The summed E-state index contributed by atoms with van der Waals surface area (Å²) in [5.74, 6) is -0.474. The average Bonchev–Trinajstić information content (AvgIpc) is 2.61. The third-order valence-corrected chi connectivity index (χ3v) is 4.50. The Kier molecular flexibility index (Phi) is 5.16. The maximum absolute atomic E-state index is 12.5.